The maximum Gasteiger partial charge on any atom is 0.239 e. The van der Waals surface area contributed by atoms with Crippen LogP contribution in [0.3, 0.4) is 0 Å². The summed E-state index contributed by atoms with van der Waals surface area (Å²) in [6.45, 7) is 3.90. The molecule has 1 aromatic rings. The summed E-state index contributed by atoms with van der Waals surface area (Å²) in [5.74, 6) is 0.139. The SMILES string of the molecule is CCC(C)NC(=O)CNc1ccc(OC)c(S(C)(=O)=O)c1OC. The van der Waals surface area contributed by atoms with E-state index in [1.54, 1.807) is 6.07 Å². The van der Waals surface area contributed by atoms with E-state index < -0.39 is 9.84 Å². The molecule has 0 aromatic heterocycles. The van der Waals surface area contributed by atoms with Crippen LogP contribution in [0.2, 0.25) is 0 Å². The summed E-state index contributed by atoms with van der Waals surface area (Å²) < 4.78 is 34.3. The van der Waals surface area contributed by atoms with Crippen LogP contribution in [0, 0.1) is 0 Å². The summed E-state index contributed by atoms with van der Waals surface area (Å²) in [4.78, 5) is 11.8. The summed E-state index contributed by atoms with van der Waals surface area (Å²) in [6, 6.07) is 3.21. The predicted octanol–water partition coefficient (Wildman–Crippen LogP) is 1.43. The Morgan fingerprint density at radius 3 is 2.39 bits per heavy atom. The van der Waals surface area contributed by atoms with Crippen molar-refractivity contribution in [3.63, 3.8) is 0 Å². The molecule has 130 valence electrons. The number of amides is 1. The minimum absolute atomic E-state index is 0.0101. The van der Waals surface area contributed by atoms with Crippen molar-refractivity contribution >= 4 is 21.4 Å². The Morgan fingerprint density at radius 1 is 1.26 bits per heavy atom. The average molecular weight is 344 g/mol. The van der Waals surface area contributed by atoms with Gasteiger partial charge in [0.15, 0.2) is 20.5 Å². The largest absolute Gasteiger partial charge is 0.495 e. The van der Waals surface area contributed by atoms with Crippen LogP contribution in [-0.2, 0) is 14.6 Å². The maximum atomic E-state index is 12.0. The summed E-state index contributed by atoms with van der Waals surface area (Å²) in [6.07, 6.45) is 1.91. The molecule has 1 aromatic carbocycles. The molecule has 1 rings (SSSR count). The molecule has 8 heteroatoms. The van der Waals surface area contributed by atoms with E-state index in [4.69, 9.17) is 9.47 Å². The van der Waals surface area contributed by atoms with Gasteiger partial charge < -0.3 is 20.1 Å². The van der Waals surface area contributed by atoms with Crippen LogP contribution in [-0.4, -0.2) is 47.4 Å². The lowest BCUT2D eigenvalue weighted by Gasteiger charge is -2.17. The second kappa shape index (κ2) is 8.05. The molecule has 23 heavy (non-hydrogen) atoms. The molecule has 0 bridgehead atoms. The van der Waals surface area contributed by atoms with Gasteiger partial charge in [-0.25, -0.2) is 8.42 Å². The number of ether oxygens (including phenoxy) is 2. The van der Waals surface area contributed by atoms with Gasteiger partial charge in [0.05, 0.1) is 26.5 Å². The number of methoxy groups -OCH3 is 2. The molecule has 1 unspecified atom stereocenters. The van der Waals surface area contributed by atoms with Crippen molar-refractivity contribution in [2.75, 3.05) is 32.3 Å². The Morgan fingerprint density at radius 2 is 1.91 bits per heavy atom. The zero-order valence-corrected chi connectivity index (χ0v) is 14.9. The second-order valence-corrected chi connectivity index (χ2v) is 7.13. The van der Waals surface area contributed by atoms with Crippen molar-refractivity contribution in [2.45, 2.75) is 31.2 Å². The predicted molar refractivity (Wildman–Crippen MR) is 89.0 cm³/mol. The van der Waals surface area contributed by atoms with Crippen molar-refractivity contribution in [1.82, 2.24) is 5.32 Å². The van der Waals surface area contributed by atoms with Gasteiger partial charge >= 0.3 is 0 Å². The smallest absolute Gasteiger partial charge is 0.239 e. The molecule has 0 aliphatic rings. The summed E-state index contributed by atoms with van der Waals surface area (Å²) >= 11 is 0. The third-order valence-corrected chi connectivity index (χ3v) is 4.46. The first-order valence-corrected chi connectivity index (χ1v) is 9.12. The standard InChI is InChI=1S/C15H24N2O5S/c1-6-10(2)17-13(18)9-16-11-7-8-12(21-3)15(14(11)22-4)23(5,19)20/h7-8,10,16H,6,9H2,1-5H3,(H,17,18). The highest BCUT2D eigenvalue weighted by Crippen LogP contribution is 2.39. The van der Waals surface area contributed by atoms with E-state index in [0.29, 0.717) is 5.69 Å². The van der Waals surface area contributed by atoms with Crippen LogP contribution >= 0.6 is 0 Å². The average Bonchev–Trinajstić information content (AvgIpc) is 2.50. The van der Waals surface area contributed by atoms with E-state index in [2.05, 4.69) is 10.6 Å². The summed E-state index contributed by atoms with van der Waals surface area (Å²) in [5.41, 5.74) is 0.410. The number of anilines is 1. The van der Waals surface area contributed by atoms with Gasteiger partial charge in [-0.3, -0.25) is 4.79 Å². The molecule has 0 fully saturated rings. The molecule has 2 N–H and O–H groups in total. The lowest BCUT2D eigenvalue weighted by Crippen LogP contribution is -2.36. The fraction of sp³-hybridized carbons (Fsp3) is 0.533. The first kappa shape index (κ1) is 19.1. The van der Waals surface area contributed by atoms with Gasteiger partial charge in [-0.2, -0.15) is 0 Å². The fourth-order valence-corrected chi connectivity index (χ4v) is 3.05. The number of benzene rings is 1. The van der Waals surface area contributed by atoms with Crippen LogP contribution in [0.25, 0.3) is 0 Å². The third-order valence-electron chi connectivity index (χ3n) is 3.33. The molecule has 0 radical (unpaired) electrons. The zero-order valence-electron chi connectivity index (χ0n) is 14.1. The van der Waals surface area contributed by atoms with Crippen LogP contribution in [0.4, 0.5) is 5.69 Å². The van der Waals surface area contributed by atoms with E-state index in [1.165, 1.54) is 20.3 Å². The maximum absolute atomic E-state index is 12.0. The fourth-order valence-electron chi connectivity index (χ4n) is 2.00. The van der Waals surface area contributed by atoms with Crippen LogP contribution in [0.5, 0.6) is 11.5 Å². The highest BCUT2D eigenvalue weighted by atomic mass is 32.2. The Bertz CT molecular complexity index is 658. The van der Waals surface area contributed by atoms with Crippen molar-refractivity contribution in [3.05, 3.63) is 12.1 Å². The number of carbonyl (C=O) groups is 1. The zero-order chi connectivity index (χ0) is 17.6. The van der Waals surface area contributed by atoms with Crippen molar-refractivity contribution in [3.8, 4) is 11.5 Å². The minimum Gasteiger partial charge on any atom is -0.495 e. The van der Waals surface area contributed by atoms with Crippen molar-refractivity contribution < 1.29 is 22.7 Å². The van der Waals surface area contributed by atoms with Crippen LogP contribution < -0.4 is 20.1 Å². The van der Waals surface area contributed by atoms with Gasteiger partial charge in [-0.15, -0.1) is 0 Å². The Balaban J connectivity index is 3.07. The molecule has 7 nitrogen and oxygen atoms in total. The van der Waals surface area contributed by atoms with Gasteiger partial charge in [0.2, 0.25) is 5.91 Å². The molecular formula is C15H24N2O5S. The molecule has 1 amide bonds. The van der Waals surface area contributed by atoms with E-state index in [9.17, 15) is 13.2 Å². The van der Waals surface area contributed by atoms with Crippen LogP contribution in [0.1, 0.15) is 20.3 Å². The topological polar surface area (TPSA) is 93.7 Å². The van der Waals surface area contributed by atoms with E-state index in [-0.39, 0.29) is 34.9 Å². The third kappa shape index (κ3) is 5.02. The molecule has 1 atom stereocenters. The van der Waals surface area contributed by atoms with Crippen LogP contribution in [0.15, 0.2) is 17.0 Å². The number of hydrogen-bond donors (Lipinski definition) is 2. The number of sulfone groups is 1. The lowest BCUT2D eigenvalue weighted by atomic mass is 10.2. The summed E-state index contributed by atoms with van der Waals surface area (Å²) in [7, 11) is -0.809. The normalized spacial score (nSPS) is 12.4. The summed E-state index contributed by atoms with van der Waals surface area (Å²) in [5, 5.41) is 5.72. The quantitative estimate of drug-likeness (QED) is 0.741. The Kier molecular flexibility index (Phi) is 6.68. The molecule has 0 heterocycles. The number of nitrogens with one attached hydrogen (secondary N) is 2. The molecule has 0 aliphatic heterocycles. The number of rotatable bonds is 8. The van der Waals surface area contributed by atoms with E-state index >= 15 is 0 Å². The number of carbonyl (C=O) groups excluding carboxylic acids is 1. The number of hydrogen-bond acceptors (Lipinski definition) is 6. The first-order chi connectivity index (χ1) is 10.7. The van der Waals surface area contributed by atoms with Gasteiger partial charge in [0, 0.05) is 12.3 Å². The minimum atomic E-state index is -3.56. The molecular weight excluding hydrogens is 320 g/mol. The molecule has 0 saturated carbocycles. The molecule has 0 aliphatic carbocycles. The lowest BCUT2D eigenvalue weighted by molar-refractivity contribution is -0.120. The van der Waals surface area contributed by atoms with Crippen molar-refractivity contribution in [2.24, 2.45) is 0 Å². The highest BCUT2D eigenvalue weighted by Gasteiger charge is 2.23. The highest BCUT2D eigenvalue weighted by molar-refractivity contribution is 7.91. The monoisotopic (exact) mass is 344 g/mol. The molecule has 0 saturated heterocycles. The van der Waals surface area contributed by atoms with Gasteiger partial charge in [-0.05, 0) is 25.5 Å². The Labute approximate surface area is 137 Å². The van der Waals surface area contributed by atoms with E-state index in [1.807, 2.05) is 13.8 Å². The second-order valence-electron chi connectivity index (χ2n) is 5.18. The van der Waals surface area contributed by atoms with E-state index in [0.717, 1.165) is 12.7 Å². The first-order valence-electron chi connectivity index (χ1n) is 7.22. The van der Waals surface area contributed by atoms with Gasteiger partial charge in [0.1, 0.15) is 5.75 Å². The Hall–Kier alpha value is -1.96. The van der Waals surface area contributed by atoms with Crippen molar-refractivity contribution in [1.29, 1.82) is 0 Å². The van der Waals surface area contributed by atoms with Gasteiger partial charge in [-0.1, -0.05) is 6.92 Å². The molecule has 0 spiro atoms. The van der Waals surface area contributed by atoms with Gasteiger partial charge in [0.25, 0.3) is 0 Å².